The minimum absolute atomic E-state index is 0.0902. The molecule has 138 valence electrons. The number of hydrogen-bond donors (Lipinski definition) is 0. The molecule has 4 rings (SSSR count). The van der Waals surface area contributed by atoms with E-state index in [1.807, 2.05) is 0 Å². The zero-order valence-electron chi connectivity index (χ0n) is 13.8. The number of carbonyl (C=O) groups is 1. The summed E-state index contributed by atoms with van der Waals surface area (Å²) in [5.41, 5.74) is -0.277. The summed E-state index contributed by atoms with van der Waals surface area (Å²) in [5.74, 6) is 1.95. The molecule has 0 saturated heterocycles. The van der Waals surface area contributed by atoms with Crippen molar-refractivity contribution in [3.05, 3.63) is 0 Å². The Morgan fingerprint density at radius 1 is 1.08 bits per heavy atom. The Morgan fingerprint density at radius 3 is 2.12 bits per heavy atom. The fraction of sp³-hybridized carbons (Fsp3) is 0.941. The van der Waals surface area contributed by atoms with E-state index in [1.54, 1.807) is 0 Å². The molecule has 1 atom stereocenters. The lowest BCUT2D eigenvalue weighted by Gasteiger charge is -2.55. The van der Waals surface area contributed by atoms with E-state index < -0.39 is 22.8 Å². The van der Waals surface area contributed by atoms with Crippen LogP contribution in [-0.4, -0.2) is 26.6 Å². The molecule has 0 N–H and O–H groups in total. The van der Waals surface area contributed by atoms with Crippen molar-refractivity contribution in [2.75, 3.05) is 6.61 Å². The number of ether oxygens (including phenoxy) is 1. The zero-order valence-corrected chi connectivity index (χ0v) is 14.6. The van der Waals surface area contributed by atoms with Crippen LogP contribution in [0, 0.1) is 23.2 Å². The van der Waals surface area contributed by atoms with E-state index in [2.05, 4.69) is 0 Å². The van der Waals surface area contributed by atoms with Crippen molar-refractivity contribution in [3.63, 3.8) is 0 Å². The van der Waals surface area contributed by atoms with Crippen LogP contribution in [0.25, 0.3) is 0 Å². The minimum atomic E-state index is -3.66. The van der Waals surface area contributed by atoms with Crippen molar-refractivity contribution >= 4 is 17.0 Å². The van der Waals surface area contributed by atoms with Gasteiger partial charge in [0.15, 0.2) is 0 Å². The van der Waals surface area contributed by atoms with Gasteiger partial charge in [-0.1, -0.05) is 0 Å². The SMILES string of the molecule is O=C(OCCCCCC(F)(F)S(=O)[O-])C12CC3CC(CC(C3)C1)C2. The molecule has 0 aliphatic heterocycles. The van der Waals surface area contributed by atoms with E-state index in [-0.39, 0.29) is 24.4 Å². The topological polar surface area (TPSA) is 66.4 Å². The summed E-state index contributed by atoms with van der Waals surface area (Å²) in [6, 6.07) is 0. The first kappa shape index (κ1) is 18.2. The Balaban J connectivity index is 1.37. The Morgan fingerprint density at radius 2 is 1.62 bits per heavy atom. The van der Waals surface area contributed by atoms with Crippen molar-refractivity contribution in [1.29, 1.82) is 0 Å². The van der Waals surface area contributed by atoms with Crippen LogP contribution in [0.2, 0.25) is 0 Å². The van der Waals surface area contributed by atoms with E-state index in [0.29, 0.717) is 30.6 Å². The average Bonchev–Trinajstić information content (AvgIpc) is 2.48. The van der Waals surface area contributed by atoms with Crippen molar-refractivity contribution in [2.45, 2.75) is 69.5 Å². The molecule has 4 nitrogen and oxygen atoms in total. The van der Waals surface area contributed by atoms with Gasteiger partial charge in [0.2, 0.25) is 0 Å². The number of rotatable bonds is 8. The van der Waals surface area contributed by atoms with Crippen LogP contribution in [-0.2, 0) is 20.6 Å². The molecule has 4 saturated carbocycles. The van der Waals surface area contributed by atoms with Gasteiger partial charge in [0, 0.05) is 17.5 Å². The maximum Gasteiger partial charge on any atom is 0.312 e. The Kier molecular flexibility index (Phi) is 5.30. The van der Waals surface area contributed by atoms with Crippen molar-refractivity contribution in [1.82, 2.24) is 0 Å². The smallest absolute Gasteiger partial charge is 0.312 e. The van der Waals surface area contributed by atoms with Crippen LogP contribution in [0.1, 0.15) is 64.2 Å². The lowest BCUT2D eigenvalue weighted by atomic mass is 9.49. The number of unbranched alkanes of at least 4 members (excludes halogenated alkanes) is 2. The standard InChI is InChI=1S/C17H26F2O4S/c18-17(19,24(21)22)4-2-1-3-5-23-15(20)16-9-12-6-13(10-16)8-14(7-12)11-16/h12-14H,1-11H2,(H,21,22)/p-1. The molecule has 0 heterocycles. The minimum Gasteiger partial charge on any atom is -0.768 e. The van der Waals surface area contributed by atoms with Gasteiger partial charge in [-0.25, -0.2) is 0 Å². The van der Waals surface area contributed by atoms with Gasteiger partial charge >= 0.3 is 11.2 Å². The Bertz CT molecular complexity index is 474. The van der Waals surface area contributed by atoms with Gasteiger partial charge in [-0.3, -0.25) is 9.00 Å². The molecule has 7 heteroatoms. The van der Waals surface area contributed by atoms with Crippen LogP contribution in [0.4, 0.5) is 8.78 Å². The molecule has 4 fully saturated rings. The summed E-state index contributed by atoms with van der Waals surface area (Å²) < 4.78 is 51.9. The molecule has 0 aromatic carbocycles. The summed E-state index contributed by atoms with van der Waals surface area (Å²) >= 11 is -3.37. The van der Waals surface area contributed by atoms with Gasteiger partial charge in [0.25, 0.3) is 0 Å². The quantitative estimate of drug-likeness (QED) is 0.374. The summed E-state index contributed by atoms with van der Waals surface area (Å²) in [7, 11) is 0. The molecule has 1 unspecified atom stereocenters. The molecule has 4 aliphatic carbocycles. The summed E-state index contributed by atoms with van der Waals surface area (Å²) in [6.07, 6.45) is 7.03. The molecular weight excluding hydrogens is 338 g/mol. The fourth-order valence-corrected chi connectivity index (χ4v) is 5.68. The van der Waals surface area contributed by atoms with Gasteiger partial charge in [0.05, 0.1) is 12.0 Å². The molecule has 4 aliphatic rings. The molecule has 0 aromatic rings. The fourth-order valence-electron chi connectivity index (χ4n) is 5.37. The second-order valence-corrected chi connectivity index (χ2v) is 9.08. The number of hydrogen-bond acceptors (Lipinski definition) is 4. The van der Waals surface area contributed by atoms with Crippen molar-refractivity contribution < 1.29 is 27.1 Å². The number of esters is 1. The predicted molar refractivity (Wildman–Crippen MR) is 83.9 cm³/mol. The maximum atomic E-state index is 12.9. The first-order valence-corrected chi connectivity index (χ1v) is 10.0. The molecule has 0 amide bonds. The molecule has 4 bridgehead atoms. The van der Waals surface area contributed by atoms with E-state index in [4.69, 9.17) is 4.74 Å². The summed E-state index contributed by atoms with van der Waals surface area (Å²) in [4.78, 5) is 12.6. The van der Waals surface area contributed by atoms with Gasteiger partial charge in [-0.15, -0.1) is 0 Å². The summed E-state index contributed by atoms with van der Waals surface area (Å²) in [5, 5.41) is -3.66. The molecule has 0 radical (unpaired) electrons. The number of alkyl halides is 2. The highest BCUT2D eigenvalue weighted by atomic mass is 32.2. The molecule has 24 heavy (non-hydrogen) atoms. The van der Waals surface area contributed by atoms with Crippen molar-refractivity contribution in [3.8, 4) is 0 Å². The second-order valence-electron chi connectivity index (χ2n) is 8.02. The Hall–Kier alpha value is -0.560. The first-order chi connectivity index (χ1) is 11.3. The van der Waals surface area contributed by atoms with Crippen LogP contribution in [0.15, 0.2) is 0 Å². The van der Waals surface area contributed by atoms with Crippen LogP contribution >= 0.6 is 0 Å². The normalized spacial score (nSPS) is 35.9. The molecular formula is C17H25F2O4S-. The lowest BCUT2D eigenvalue weighted by molar-refractivity contribution is -0.171. The first-order valence-electron chi connectivity index (χ1n) is 8.95. The maximum absolute atomic E-state index is 12.9. The monoisotopic (exact) mass is 363 g/mol. The third-order valence-electron chi connectivity index (χ3n) is 6.06. The summed E-state index contributed by atoms with van der Waals surface area (Å²) in [6.45, 7) is 0.243. The van der Waals surface area contributed by atoms with Crippen LogP contribution in [0.5, 0.6) is 0 Å². The predicted octanol–water partition coefficient (Wildman–Crippen LogP) is 3.78. The number of carbonyl (C=O) groups excluding carboxylic acids is 1. The highest BCUT2D eigenvalue weighted by molar-refractivity contribution is 7.80. The van der Waals surface area contributed by atoms with E-state index in [9.17, 15) is 22.3 Å². The lowest BCUT2D eigenvalue weighted by Crippen LogP contribution is -2.50. The van der Waals surface area contributed by atoms with E-state index in [1.165, 1.54) is 19.3 Å². The average molecular weight is 363 g/mol. The van der Waals surface area contributed by atoms with Crippen LogP contribution < -0.4 is 0 Å². The third-order valence-corrected chi connectivity index (χ3v) is 6.75. The van der Waals surface area contributed by atoms with Gasteiger partial charge in [-0.05, 0) is 75.5 Å². The van der Waals surface area contributed by atoms with Gasteiger partial charge < -0.3 is 9.29 Å². The van der Waals surface area contributed by atoms with Crippen molar-refractivity contribution in [2.24, 2.45) is 23.2 Å². The second kappa shape index (κ2) is 6.98. The van der Waals surface area contributed by atoms with Crippen LogP contribution in [0.3, 0.4) is 0 Å². The van der Waals surface area contributed by atoms with Gasteiger partial charge in [0.1, 0.15) is 0 Å². The Labute approximate surface area is 144 Å². The molecule has 0 spiro atoms. The van der Waals surface area contributed by atoms with E-state index in [0.717, 1.165) is 19.3 Å². The van der Waals surface area contributed by atoms with Gasteiger partial charge in [-0.2, -0.15) is 8.78 Å². The third kappa shape index (κ3) is 3.82. The largest absolute Gasteiger partial charge is 0.768 e. The highest BCUT2D eigenvalue weighted by Crippen LogP contribution is 2.60. The highest BCUT2D eigenvalue weighted by Gasteiger charge is 2.55. The van der Waals surface area contributed by atoms with E-state index >= 15 is 0 Å². The number of halogens is 2. The molecule has 0 aromatic heterocycles. The zero-order chi connectivity index (χ0) is 17.4.